The first-order valence-corrected chi connectivity index (χ1v) is 12.8. The van der Waals surface area contributed by atoms with Crippen LogP contribution < -0.4 is 9.80 Å². The number of hydrogen-bond acceptors (Lipinski definition) is 7. The third-order valence-corrected chi connectivity index (χ3v) is 7.15. The van der Waals surface area contributed by atoms with Gasteiger partial charge in [0.15, 0.2) is 0 Å². The number of esters is 1. The van der Waals surface area contributed by atoms with E-state index in [4.69, 9.17) is 19.7 Å². The number of piperidine rings is 1. The van der Waals surface area contributed by atoms with Crippen LogP contribution in [0.4, 0.5) is 16.2 Å². The van der Waals surface area contributed by atoms with Gasteiger partial charge >= 0.3 is 5.97 Å². The van der Waals surface area contributed by atoms with Crippen LogP contribution in [-0.4, -0.2) is 53.2 Å². The summed E-state index contributed by atoms with van der Waals surface area (Å²) in [6.45, 7) is 6.93. The lowest BCUT2D eigenvalue weighted by atomic mass is 9.97. The van der Waals surface area contributed by atoms with Gasteiger partial charge in [-0.25, -0.2) is 19.3 Å². The van der Waals surface area contributed by atoms with E-state index in [1.807, 2.05) is 31.3 Å². The van der Waals surface area contributed by atoms with Crippen molar-refractivity contribution < 1.29 is 13.9 Å². The molecule has 188 valence electrons. The standard InChI is InChI=1S/C28H32FN5O2/c1-3-36-27(35)21-12-15-33(16-13-21)26-11-8-22(18-30-26)25-17-24(20-6-9-23(29)10-7-20)31-28(32-25)34-14-4-5-19(34)2/h6-11,17-19,21H,3-5,12-16H2,1-2H3. The Morgan fingerprint density at radius 1 is 1.00 bits per heavy atom. The van der Waals surface area contributed by atoms with Crippen molar-refractivity contribution in [3.63, 3.8) is 0 Å². The Kier molecular flexibility index (Phi) is 7.11. The van der Waals surface area contributed by atoms with Crippen LogP contribution in [0.5, 0.6) is 0 Å². The summed E-state index contributed by atoms with van der Waals surface area (Å²) in [5, 5.41) is 0. The Hall–Kier alpha value is -3.55. The molecule has 2 aliphatic heterocycles. The molecule has 5 rings (SSSR count). The highest BCUT2D eigenvalue weighted by atomic mass is 19.1. The summed E-state index contributed by atoms with van der Waals surface area (Å²) < 4.78 is 18.7. The first kappa shape index (κ1) is 24.2. The molecule has 0 saturated carbocycles. The number of benzene rings is 1. The second kappa shape index (κ2) is 10.6. The molecule has 0 N–H and O–H groups in total. The normalized spacial score (nSPS) is 18.5. The fourth-order valence-electron chi connectivity index (χ4n) is 5.04. The predicted molar refractivity (Wildman–Crippen MR) is 138 cm³/mol. The van der Waals surface area contributed by atoms with Gasteiger partial charge in [0.1, 0.15) is 11.6 Å². The van der Waals surface area contributed by atoms with E-state index in [9.17, 15) is 9.18 Å². The number of halogens is 1. The number of aromatic nitrogens is 3. The van der Waals surface area contributed by atoms with Crippen molar-refractivity contribution in [1.82, 2.24) is 15.0 Å². The van der Waals surface area contributed by atoms with Gasteiger partial charge in [0.05, 0.1) is 23.9 Å². The van der Waals surface area contributed by atoms with Gasteiger partial charge in [-0.3, -0.25) is 4.79 Å². The molecule has 0 radical (unpaired) electrons. The summed E-state index contributed by atoms with van der Waals surface area (Å²) in [7, 11) is 0. The number of anilines is 2. The summed E-state index contributed by atoms with van der Waals surface area (Å²) in [5.74, 6) is 1.19. The minimum atomic E-state index is -0.271. The van der Waals surface area contributed by atoms with E-state index < -0.39 is 0 Å². The number of nitrogens with zero attached hydrogens (tertiary/aromatic N) is 5. The quantitative estimate of drug-likeness (QED) is 0.446. The van der Waals surface area contributed by atoms with Crippen LogP contribution in [-0.2, 0) is 9.53 Å². The average molecular weight is 490 g/mol. The minimum absolute atomic E-state index is 0.0298. The van der Waals surface area contributed by atoms with Gasteiger partial charge < -0.3 is 14.5 Å². The van der Waals surface area contributed by atoms with E-state index in [1.165, 1.54) is 12.1 Å². The van der Waals surface area contributed by atoms with E-state index in [2.05, 4.69) is 16.7 Å². The van der Waals surface area contributed by atoms with Gasteiger partial charge in [0.2, 0.25) is 5.95 Å². The lowest BCUT2D eigenvalue weighted by molar-refractivity contribution is -0.148. The zero-order valence-corrected chi connectivity index (χ0v) is 20.9. The van der Waals surface area contributed by atoms with Crippen molar-refractivity contribution in [2.24, 2.45) is 5.92 Å². The van der Waals surface area contributed by atoms with E-state index in [1.54, 1.807) is 12.1 Å². The Morgan fingerprint density at radius 3 is 2.31 bits per heavy atom. The van der Waals surface area contributed by atoms with Gasteiger partial charge in [-0.1, -0.05) is 0 Å². The van der Waals surface area contributed by atoms with Crippen molar-refractivity contribution in [3.8, 4) is 22.5 Å². The molecule has 1 aromatic carbocycles. The molecule has 0 bridgehead atoms. The van der Waals surface area contributed by atoms with E-state index in [0.717, 1.165) is 73.7 Å². The summed E-state index contributed by atoms with van der Waals surface area (Å²) >= 11 is 0. The zero-order valence-electron chi connectivity index (χ0n) is 20.9. The molecule has 3 aromatic rings. The molecular formula is C28H32FN5O2. The maximum absolute atomic E-state index is 13.5. The van der Waals surface area contributed by atoms with Crippen LogP contribution in [0.3, 0.4) is 0 Å². The largest absolute Gasteiger partial charge is 0.466 e. The van der Waals surface area contributed by atoms with Crippen LogP contribution in [0.15, 0.2) is 48.7 Å². The Bertz CT molecular complexity index is 1190. The molecule has 2 aromatic heterocycles. The van der Waals surface area contributed by atoms with Crippen molar-refractivity contribution in [2.45, 2.75) is 45.6 Å². The maximum Gasteiger partial charge on any atom is 0.309 e. The molecule has 2 fully saturated rings. The molecule has 2 saturated heterocycles. The zero-order chi connectivity index (χ0) is 25.1. The third kappa shape index (κ3) is 5.17. The van der Waals surface area contributed by atoms with Crippen molar-refractivity contribution in [1.29, 1.82) is 0 Å². The fraction of sp³-hybridized carbons (Fsp3) is 0.429. The monoisotopic (exact) mass is 489 g/mol. The van der Waals surface area contributed by atoms with Crippen LogP contribution >= 0.6 is 0 Å². The Labute approximate surface area is 211 Å². The van der Waals surface area contributed by atoms with Gasteiger partial charge in [0, 0.05) is 43.0 Å². The number of rotatable bonds is 6. The molecule has 1 atom stereocenters. The van der Waals surface area contributed by atoms with Gasteiger partial charge in [0.25, 0.3) is 0 Å². The lowest BCUT2D eigenvalue weighted by Crippen LogP contribution is -2.37. The van der Waals surface area contributed by atoms with E-state index in [-0.39, 0.29) is 17.7 Å². The molecule has 0 spiro atoms. The van der Waals surface area contributed by atoms with Gasteiger partial charge in [-0.2, -0.15) is 0 Å². The number of hydrogen-bond donors (Lipinski definition) is 0. The first-order valence-electron chi connectivity index (χ1n) is 12.8. The van der Waals surface area contributed by atoms with Crippen molar-refractivity contribution in [2.75, 3.05) is 36.0 Å². The third-order valence-electron chi connectivity index (χ3n) is 7.15. The highest BCUT2D eigenvalue weighted by Gasteiger charge is 2.27. The predicted octanol–water partition coefficient (Wildman–Crippen LogP) is 5.11. The molecular weight excluding hydrogens is 457 g/mol. The van der Waals surface area contributed by atoms with E-state index in [0.29, 0.717) is 18.6 Å². The number of carbonyl (C=O) groups excluding carboxylic acids is 1. The number of pyridine rings is 1. The molecule has 8 heteroatoms. The summed E-state index contributed by atoms with van der Waals surface area (Å²) in [6, 6.07) is 12.8. The lowest BCUT2D eigenvalue weighted by Gasteiger charge is -2.31. The molecule has 36 heavy (non-hydrogen) atoms. The Balaban J connectivity index is 1.39. The average Bonchev–Trinajstić information content (AvgIpc) is 3.35. The highest BCUT2D eigenvalue weighted by molar-refractivity contribution is 5.73. The highest BCUT2D eigenvalue weighted by Crippen LogP contribution is 2.30. The topological polar surface area (TPSA) is 71.5 Å². The van der Waals surface area contributed by atoms with Crippen molar-refractivity contribution in [3.05, 3.63) is 54.5 Å². The fourth-order valence-corrected chi connectivity index (χ4v) is 5.04. The van der Waals surface area contributed by atoms with Crippen LogP contribution in [0, 0.1) is 11.7 Å². The smallest absolute Gasteiger partial charge is 0.309 e. The van der Waals surface area contributed by atoms with Crippen LogP contribution in [0.2, 0.25) is 0 Å². The molecule has 2 aliphatic rings. The molecule has 0 aliphatic carbocycles. The summed E-state index contributed by atoms with van der Waals surface area (Å²) in [4.78, 5) is 31.0. The van der Waals surface area contributed by atoms with Crippen LogP contribution in [0.1, 0.15) is 39.5 Å². The Morgan fingerprint density at radius 2 is 1.69 bits per heavy atom. The van der Waals surface area contributed by atoms with Crippen molar-refractivity contribution >= 4 is 17.7 Å². The first-order chi connectivity index (χ1) is 17.5. The molecule has 1 unspecified atom stereocenters. The second-order valence-corrected chi connectivity index (χ2v) is 9.55. The maximum atomic E-state index is 13.5. The SMILES string of the molecule is CCOC(=O)C1CCN(c2ccc(-c3cc(-c4ccc(F)cc4)nc(N4CCCC4C)n3)cn2)CC1. The minimum Gasteiger partial charge on any atom is -0.466 e. The number of ether oxygens (including phenoxy) is 1. The van der Waals surface area contributed by atoms with Crippen LogP contribution in [0.25, 0.3) is 22.5 Å². The molecule has 0 amide bonds. The second-order valence-electron chi connectivity index (χ2n) is 9.55. The van der Waals surface area contributed by atoms with Gasteiger partial charge in [-0.05, 0) is 82.0 Å². The van der Waals surface area contributed by atoms with Gasteiger partial charge in [-0.15, -0.1) is 0 Å². The molecule has 4 heterocycles. The van der Waals surface area contributed by atoms with E-state index >= 15 is 0 Å². The summed E-state index contributed by atoms with van der Waals surface area (Å²) in [6.07, 6.45) is 5.62. The number of carbonyl (C=O) groups is 1. The summed E-state index contributed by atoms with van der Waals surface area (Å²) in [5.41, 5.74) is 3.30. The molecule has 7 nitrogen and oxygen atoms in total.